The number of benzene rings is 3. The average Bonchev–Trinajstić information content (AvgIpc) is 3.09. The number of fused-ring (bicyclic) bond motifs is 5. The van der Waals surface area contributed by atoms with Crippen LogP contribution in [0, 0.1) is 12.8 Å². The first-order valence-electron chi connectivity index (χ1n) is 10.4. The Labute approximate surface area is 180 Å². The molecule has 0 radical (unpaired) electrons. The molecule has 0 N–H and O–H groups in total. The first-order valence-corrected chi connectivity index (χ1v) is 10.4. The van der Waals surface area contributed by atoms with Gasteiger partial charge in [0.2, 0.25) is 0 Å². The van der Waals surface area contributed by atoms with Gasteiger partial charge >= 0.3 is 6.18 Å². The number of allylic oxidation sites excluding steroid dienone is 1. The van der Waals surface area contributed by atoms with Gasteiger partial charge in [0, 0.05) is 23.2 Å². The van der Waals surface area contributed by atoms with Gasteiger partial charge in [-0.2, -0.15) is 13.2 Å². The summed E-state index contributed by atoms with van der Waals surface area (Å²) in [6.07, 6.45) is -2.83. The number of halogens is 3. The number of anilines is 4. The van der Waals surface area contributed by atoms with Crippen molar-refractivity contribution in [1.82, 2.24) is 0 Å². The second kappa shape index (κ2) is 6.91. The van der Waals surface area contributed by atoms with Crippen LogP contribution in [0.5, 0.6) is 0 Å². The van der Waals surface area contributed by atoms with Gasteiger partial charge in [-0.3, -0.25) is 0 Å². The van der Waals surface area contributed by atoms with Crippen molar-refractivity contribution in [1.29, 1.82) is 0 Å². The summed E-state index contributed by atoms with van der Waals surface area (Å²) >= 11 is 0. The van der Waals surface area contributed by atoms with Crippen molar-refractivity contribution in [2.45, 2.75) is 32.1 Å². The summed E-state index contributed by atoms with van der Waals surface area (Å²) in [6.45, 7) is 8.10. The van der Waals surface area contributed by atoms with Gasteiger partial charge in [0.05, 0.1) is 16.9 Å². The topological polar surface area (TPSA) is 6.48 Å². The van der Waals surface area contributed by atoms with E-state index in [4.69, 9.17) is 0 Å². The van der Waals surface area contributed by atoms with Crippen LogP contribution >= 0.6 is 0 Å². The molecule has 0 fully saturated rings. The predicted octanol–water partition coefficient (Wildman–Crippen LogP) is 7.55. The lowest BCUT2D eigenvalue weighted by Gasteiger charge is -2.45. The smallest absolute Gasteiger partial charge is 0.318 e. The predicted molar refractivity (Wildman–Crippen MR) is 119 cm³/mol. The van der Waals surface area contributed by atoms with E-state index in [1.807, 2.05) is 60.4 Å². The Kier molecular flexibility index (Phi) is 4.40. The van der Waals surface area contributed by atoms with Crippen LogP contribution < -0.4 is 9.80 Å². The highest BCUT2D eigenvalue weighted by atomic mass is 19.4. The Balaban J connectivity index is 1.86. The van der Waals surface area contributed by atoms with Gasteiger partial charge in [-0.1, -0.05) is 55.5 Å². The molecule has 0 saturated carbocycles. The second-order valence-corrected chi connectivity index (χ2v) is 8.29. The summed E-state index contributed by atoms with van der Waals surface area (Å²) in [7, 11) is 0. The van der Waals surface area contributed by atoms with Crippen molar-refractivity contribution in [3.05, 3.63) is 96.1 Å². The third kappa shape index (κ3) is 2.79. The highest BCUT2D eigenvalue weighted by molar-refractivity contribution is 5.92. The summed E-state index contributed by atoms with van der Waals surface area (Å²) < 4.78 is 42.6. The van der Waals surface area contributed by atoms with Crippen molar-refractivity contribution >= 4 is 22.7 Å². The maximum absolute atomic E-state index is 14.2. The van der Waals surface area contributed by atoms with Crippen LogP contribution in [0.15, 0.2) is 79.4 Å². The summed E-state index contributed by atoms with van der Waals surface area (Å²) in [6, 6.07) is 20.1. The largest absolute Gasteiger partial charge is 0.418 e. The standard InChI is InChI=1S/C26H23F3N2/c1-4-18-17(3)25-30(22-14-8-6-11-19(18)22)23-15-9-12-20(26(27,28)29)24(23)31(25)21-13-7-5-10-16(21)2/h4-15,17-18,25H,1H2,2-3H3. The molecule has 0 bridgehead atoms. The van der Waals surface area contributed by atoms with E-state index in [0.717, 1.165) is 22.5 Å². The molecule has 2 nitrogen and oxygen atoms in total. The van der Waals surface area contributed by atoms with Gasteiger partial charge in [0.15, 0.2) is 0 Å². The summed E-state index contributed by atoms with van der Waals surface area (Å²) in [5.74, 6) is 0.0492. The van der Waals surface area contributed by atoms with Gasteiger partial charge in [-0.25, -0.2) is 0 Å². The molecule has 3 atom stereocenters. The zero-order valence-corrected chi connectivity index (χ0v) is 17.4. The Morgan fingerprint density at radius 3 is 2.16 bits per heavy atom. The molecule has 0 saturated heterocycles. The highest BCUT2D eigenvalue weighted by Gasteiger charge is 2.50. The van der Waals surface area contributed by atoms with Gasteiger partial charge in [-0.05, 0) is 42.3 Å². The number of rotatable bonds is 2. The molecule has 0 aromatic heterocycles. The van der Waals surface area contributed by atoms with E-state index in [0.29, 0.717) is 5.69 Å². The number of hydrogen-bond acceptors (Lipinski definition) is 2. The zero-order chi connectivity index (χ0) is 21.9. The average molecular weight is 420 g/mol. The Morgan fingerprint density at radius 1 is 0.839 bits per heavy atom. The number of para-hydroxylation sites is 3. The number of nitrogens with zero attached hydrogens (tertiary/aromatic N) is 2. The van der Waals surface area contributed by atoms with E-state index in [2.05, 4.69) is 24.5 Å². The molecular formula is C26H23F3N2. The third-order valence-electron chi connectivity index (χ3n) is 6.57. The number of hydrogen-bond donors (Lipinski definition) is 0. The van der Waals surface area contributed by atoms with Crippen LogP contribution in [0.3, 0.4) is 0 Å². The first kappa shape index (κ1) is 19.7. The lowest BCUT2D eigenvalue weighted by atomic mass is 9.80. The first-order chi connectivity index (χ1) is 14.8. The van der Waals surface area contributed by atoms with Gasteiger partial charge < -0.3 is 9.80 Å². The van der Waals surface area contributed by atoms with Crippen LogP contribution in [-0.4, -0.2) is 6.17 Å². The molecule has 3 aromatic rings. The summed E-state index contributed by atoms with van der Waals surface area (Å²) in [5.41, 5.74) is 3.96. The fraction of sp³-hybridized carbons (Fsp3) is 0.231. The van der Waals surface area contributed by atoms with Crippen LogP contribution in [0.4, 0.5) is 35.9 Å². The summed E-state index contributed by atoms with van der Waals surface area (Å²) in [4.78, 5) is 3.97. The van der Waals surface area contributed by atoms with Crippen LogP contribution in [0.1, 0.15) is 29.5 Å². The Bertz CT molecular complexity index is 1170. The van der Waals surface area contributed by atoms with E-state index < -0.39 is 11.7 Å². The van der Waals surface area contributed by atoms with Crippen molar-refractivity contribution in [2.75, 3.05) is 9.80 Å². The van der Waals surface area contributed by atoms with Crippen molar-refractivity contribution in [2.24, 2.45) is 5.92 Å². The fourth-order valence-corrected chi connectivity index (χ4v) is 5.24. The van der Waals surface area contributed by atoms with Gasteiger partial charge in [-0.15, -0.1) is 6.58 Å². The lowest BCUT2D eigenvalue weighted by Crippen LogP contribution is -2.48. The summed E-state index contributed by atoms with van der Waals surface area (Å²) in [5, 5.41) is 0. The quantitative estimate of drug-likeness (QED) is 0.395. The van der Waals surface area contributed by atoms with Crippen LogP contribution in [0.25, 0.3) is 0 Å². The number of alkyl halides is 3. The van der Waals surface area contributed by atoms with E-state index in [9.17, 15) is 13.2 Å². The Morgan fingerprint density at radius 2 is 1.48 bits per heavy atom. The minimum atomic E-state index is -4.46. The lowest BCUT2D eigenvalue weighted by molar-refractivity contribution is -0.137. The monoisotopic (exact) mass is 420 g/mol. The number of aryl methyl sites for hydroxylation is 1. The highest BCUT2D eigenvalue weighted by Crippen LogP contribution is 2.59. The molecule has 31 heavy (non-hydrogen) atoms. The van der Waals surface area contributed by atoms with Gasteiger partial charge in [0.1, 0.15) is 6.17 Å². The van der Waals surface area contributed by atoms with Crippen LogP contribution in [0.2, 0.25) is 0 Å². The molecule has 2 heterocycles. The molecule has 3 unspecified atom stereocenters. The molecule has 3 aromatic carbocycles. The molecule has 2 aliphatic heterocycles. The van der Waals surface area contributed by atoms with Crippen molar-refractivity contribution < 1.29 is 13.2 Å². The minimum Gasteiger partial charge on any atom is -0.318 e. The fourth-order valence-electron chi connectivity index (χ4n) is 5.24. The molecule has 5 rings (SSSR count). The van der Waals surface area contributed by atoms with E-state index in [1.165, 1.54) is 12.1 Å². The van der Waals surface area contributed by atoms with Crippen molar-refractivity contribution in [3.63, 3.8) is 0 Å². The normalized spacial score (nSPS) is 22.0. The second-order valence-electron chi connectivity index (χ2n) is 8.29. The maximum atomic E-state index is 14.2. The molecule has 5 heteroatoms. The zero-order valence-electron chi connectivity index (χ0n) is 17.4. The molecule has 0 aliphatic carbocycles. The Hall–Kier alpha value is -3.21. The van der Waals surface area contributed by atoms with Crippen molar-refractivity contribution in [3.8, 4) is 0 Å². The van der Waals surface area contributed by atoms with E-state index in [1.54, 1.807) is 6.07 Å². The minimum absolute atomic E-state index is 0.0143. The molecule has 0 spiro atoms. The molecule has 2 aliphatic rings. The molecule has 0 amide bonds. The maximum Gasteiger partial charge on any atom is 0.418 e. The van der Waals surface area contributed by atoms with Crippen LogP contribution in [-0.2, 0) is 6.18 Å². The molecular weight excluding hydrogens is 397 g/mol. The molecule has 158 valence electrons. The van der Waals surface area contributed by atoms with E-state index in [-0.39, 0.29) is 23.7 Å². The van der Waals surface area contributed by atoms with Gasteiger partial charge in [0.25, 0.3) is 0 Å². The third-order valence-corrected chi connectivity index (χ3v) is 6.57. The van der Waals surface area contributed by atoms with E-state index >= 15 is 0 Å². The SMILES string of the molecule is C=CC1c2ccccc2N2c3cccc(C(F)(F)F)c3N(c3ccccc3C)C2C1C.